The molecule has 1 aromatic carbocycles. The van der Waals surface area contributed by atoms with Gasteiger partial charge in [-0.05, 0) is 24.6 Å². The number of thioether (sulfide) groups is 2. The van der Waals surface area contributed by atoms with E-state index in [-0.39, 0.29) is 18.4 Å². The first-order valence-electron chi connectivity index (χ1n) is 4.90. The van der Waals surface area contributed by atoms with Crippen molar-refractivity contribution in [3.8, 4) is 5.75 Å². The van der Waals surface area contributed by atoms with E-state index in [0.29, 0.717) is 0 Å². The third kappa shape index (κ3) is 2.62. The fourth-order valence-corrected chi connectivity index (χ4v) is 3.04. The largest absolute Gasteiger partial charge is 0.493 e. The van der Waals surface area contributed by atoms with Gasteiger partial charge in [-0.2, -0.15) is 0 Å². The van der Waals surface area contributed by atoms with Gasteiger partial charge in [-0.25, -0.2) is 0 Å². The second-order valence-corrected chi connectivity index (χ2v) is 5.21. The average Bonchev–Trinajstić information content (AvgIpc) is 2.27. The maximum absolute atomic E-state index is 6.11. The highest BCUT2D eigenvalue weighted by Crippen LogP contribution is 2.40. The number of nitrogens with two attached hydrogens (primary N) is 1. The molecule has 0 bridgehead atoms. The third-order valence-corrected chi connectivity index (χ3v) is 4.08. The van der Waals surface area contributed by atoms with Gasteiger partial charge in [0.15, 0.2) is 0 Å². The molecule has 1 aromatic rings. The molecular weight excluding hydrogens is 262 g/mol. The first-order valence-corrected chi connectivity index (χ1v) is 7.35. The summed E-state index contributed by atoms with van der Waals surface area (Å²) < 4.78 is 5.67. The van der Waals surface area contributed by atoms with Crippen molar-refractivity contribution in [1.29, 1.82) is 0 Å². The fourth-order valence-electron chi connectivity index (χ4n) is 1.79. The highest BCUT2D eigenvalue weighted by molar-refractivity contribution is 7.99. The lowest BCUT2D eigenvalue weighted by Gasteiger charge is -2.25. The van der Waals surface area contributed by atoms with Crippen LogP contribution in [0.4, 0.5) is 0 Å². The van der Waals surface area contributed by atoms with Gasteiger partial charge in [-0.1, -0.05) is 0 Å². The van der Waals surface area contributed by atoms with Gasteiger partial charge in [-0.3, -0.25) is 0 Å². The summed E-state index contributed by atoms with van der Waals surface area (Å²) in [5.41, 5.74) is 7.30. The zero-order valence-electron chi connectivity index (χ0n) is 9.36. The quantitative estimate of drug-likeness (QED) is 0.841. The topological polar surface area (TPSA) is 35.2 Å². The van der Waals surface area contributed by atoms with E-state index in [9.17, 15) is 0 Å². The van der Waals surface area contributed by atoms with E-state index in [1.807, 2.05) is 0 Å². The average molecular weight is 278 g/mol. The molecule has 0 saturated heterocycles. The fraction of sp³-hybridized carbons (Fsp3) is 0.455. The van der Waals surface area contributed by atoms with E-state index >= 15 is 0 Å². The molecule has 2 N–H and O–H groups in total. The number of benzene rings is 1. The van der Waals surface area contributed by atoms with Gasteiger partial charge in [0.05, 0.1) is 6.61 Å². The summed E-state index contributed by atoms with van der Waals surface area (Å²) in [7, 11) is 0. The van der Waals surface area contributed by atoms with Crippen LogP contribution in [0.2, 0.25) is 0 Å². The molecule has 1 atom stereocenters. The second-order valence-electron chi connectivity index (χ2n) is 3.49. The Kier molecular flexibility index (Phi) is 5.31. The Bertz CT molecular complexity index is 356. The maximum Gasteiger partial charge on any atom is 0.126 e. The van der Waals surface area contributed by atoms with E-state index in [0.717, 1.165) is 18.8 Å². The number of hydrogen-bond donors (Lipinski definition) is 1. The van der Waals surface area contributed by atoms with E-state index in [1.54, 1.807) is 23.5 Å². The van der Waals surface area contributed by atoms with Crippen LogP contribution in [0.1, 0.15) is 18.0 Å². The molecular formula is C11H16ClNOS2. The van der Waals surface area contributed by atoms with Crippen molar-refractivity contribution >= 4 is 35.9 Å². The summed E-state index contributed by atoms with van der Waals surface area (Å²) in [5.74, 6) is 0.977. The molecule has 0 aliphatic carbocycles. The number of fused-ring (bicyclic) bond motifs is 1. The van der Waals surface area contributed by atoms with Crippen molar-refractivity contribution in [2.45, 2.75) is 22.3 Å². The van der Waals surface area contributed by atoms with Gasteiger partial charge in [0, 0.05) is 27.8 Å². The summed E-state index contributed by atoms with van der Waals surface area (Å²) in [5, 5.41) is 0. The summed E-state index contributed by atoms with van der Waals surface area (Å²) >= 11 is 3.48. The van der Waals surface area contributed by atoms with Gasteiger partial charge in [0.1, 0.15) is 5.75 Å². The Morgan fingerprint density at radius 2 is 2.06 bits per heavy atom. The molecule has 0 amide bonds. The Balaban J connectivity index is 0.00000128. The molecule has 16 heavy (non-hydrogen) atoms. The smallest absolute Gasteiger partial charge is 0.126 e. The van der Waals surface area contributed by atoms with E-state index in [2.05, 4.69) is 24.6 Å². The molecule has 1 heterocycles. The highest BCUT2D eigenvalue weighted by atomic mass is 35.5. The number of ether oxygens (including phenoxy) is 1. The van der Waals surface area contributed by atoms with Crippen molar-refractivity contribution in [3.05, 3.63) is 17.7 Å². The van der Waals surface area contributed by atoms with Gasteiger partial charge >= 0.3 is 0 Å². The molecule has 0 spiro atoms. The standard InChI is InChI=1S/C11H15NOS2.ClH/c1-14-7-5-9-11(10(6-7)15-2)8(12)3-4-13-9;/h5-6,8H,3-4,12H2,1-2H3;1H. The van der Waals surface area contributed by atoms with Crippen LogP contribution in [-0.2, 0) is 0 Å². The van der Waals surface area contributed by atoms with Crippen molar-refractivity contribution in [2.75, 3.05) is 19.1 Å². The maximum atomic E-state index is 6.11. The SMILES string of the molecule is CSc1cc2c(c(SC)c1)C(N)CCO2.Cl. The number of hydrogen-bond acceptors (Lipinski definition) is 4. The highest BCUT2D eigenvalue weighted by Gasteiger charge is 2.22. The molecule has 0 aromatic heterocycles. The lowest BCUT2D eigenvalue weighted by atomic mass is 10.0. The van der Waals surface area contributed by atoms with Gasteiger partial charge < -0.3 is 10.5 Å². The number of rotatable bonds is 2. The predicted molar refractivity (Wildman–Crippen MR) is 74.3 cm³/mol. The first-order chi connectivity index (χ1) is 7.26. The van der Waals surface area contributed by atoms with Crippen molar-refractivity contribution in [2.24, 2.45) is 5.73 Å². The lowest BCUT2D eigenvalue weighted by molar-refractivity contribution is 0.265. The van der Waals surface area contributed by atoms with Gasteiger partial charge in [0.25, 0.3) is 0 Å². The van der Waals surface area contributed by atoms with Gasteiger partial charge in [-0.15, -0.1) is 35.9 Å². The van der Waals surface area contributed by atoms with Crippen LogP contribution in [0.3, 0.4) is 0 Å². The summed E-state index contributed by atoms with van der Waals surface area (Å²) in [6.07, 6.45) is 5.08. The van der Waals surface area contributed by atoms with E-state index < -0.39 is 0 Å². The minimum Gasteiger partial charge on any atom is -0.493 e. The summed E-state index contributed by atoms with van der Waals surface area (Å²) in [6, 6.07) is 4.42. The lowest BCUT2D eigenvalue weighted by Crippen LogP contribution is -2.21. The Labute approximate surface area is 111 Å². The molecule has 1 aliphatic heterocycles. The second kappa shape index (κ2) is 6.05. The summed E-state index contributed by atoms with van der Waals surface area (Å²) in [6.45, 7) is 0.736. The number of halogens is 1. The zero-order valence-corrected chi connectivity index (χ0v) is 11.8. The van der Waals surface area contributed by atoms with Gasteiger partial charge in [0.2, 0.25) is 0 Å². The van der Waals surface area contributed by atoms with Crippen molar-refractivity contribution in [3.63, 3.8) is 0 Å². The monoisotopic (exact) mass is 277 g/mol. The summed E-state index contributed by atoms with van der Waals surface area (Å²) in [4.78, 5) is 2.50. The van der Waals surface area contributed by atoms with Crippen LogP contribution < -0.4 is 10.5 Å². The van der Waals surface area contributed by atoms with E-state index in [1.165, 1.54) is 15.4 Å². The predicted octanol–water partition coefficient (Wildman–Crippen LogP) is 3.33. The van der Waals surface area contributed by atoms with Crippen molar-refractivity contribution in [1.82, 2.24) is 0 Å². The van der Waals surface area contributed by atoms with Crippen LogP contribution in [-0.4, -0.2) is 19.1 Å². The van der Waals surface area contributed by atoms with Crippen LogP contribution in [0.25, 0.3) is 0 Å². The normalized spacial score (nSPS) is 18.3. The molecule has 2 nitrogen and oxygen atoms in total. The Morgan fingerprint density at radius 1 is 1.31 bits per heavy atom. The molecule has 0 radical (unpaired) electrons. The van der Waals surface area contributed by atoms with Crippen LogP contribution >= 0.6 is 35.9 Å². The molecule has 2 rings (SSSR count). The molecule has 1 unspecified atom stereocenters. The Morgan fingerprint density at radius 3 is 2.69 bits per heavy atom. The zero-order chi connectivity index (χ0) is 10.8. The molecule has 5 heteroatoms. The molecule has 0 fully saturated rings. The molecule has 90 valence electrons. The minimum atomic E-state index is 0. The minimum absolute atomic E-state index is 0. The molecule has 0 saturated carbocycles. The van der Waals surface area contributed by atoms with E-state index in [4.69, 9.17) is 10.5 Å². The van der Waals surface area contributed by atoms with Crippen LogP contribution in [0.5, 0.6) is 5.75 Å². The Hall–Kier alpha value is -0.0300. The third-order valence-electron chi connectivity index (χ3n) is 2.59. The first kappa shape index (κ1) is 14.0. The van der Waals surface area contributed by atoms with Crippen molar-refractivity contribution < 1.29 is 4.74 Å². The van der Waals surface area contributed by atoms with Crippen LogP contribution in [0.15, 0.2) is 21.9 Å². The molecule has 1 aliphatic rings. The van der Waals surface area contributed by atoms with Crippen LogP contribution in [0, 0.1) is 0 Å².